The molecule has 0 rings (SSSR count). The molecule has 362 valence electrons. The molecule has 0 bridgehead atoms. The molecule has 0 heterocycles. The van der Waals surface area contributed by atoms with E-state index in [2.05, 4.69) is 67.8 Å². The number of hydrogen-bond acceptors (Lipinski definition) is 7. The number of phosphoric ester groups is 1. The second-order valence-corrected chi connectivity index (χ2v) is 18.6. The van der Waals surface area contributed by atoms with Gasteiger partial charge in [0.25, 0.3) is 0 Å². The summed E-state index contributed by atoms with van der Waals surface area (Å²) in [7, 11) is -4.43. The zero-order valence-electron chi connectivity index (χ0n) is 40.1. The van der Waals surface area contributed by atoms with E-state index in [1.54, 1.807) is 0 Å². The number of nitrogens with one attached hydrogen (secondary N) is 1. The number of carbonyl (C=O) groups excluding carboxylic acids is 2. The van der Waals surface area contributed by atoms with E-state index in [-0.39, 0.29) is 32.1 Å². The van der Waals surface area contributed by atoms with Crippen LogP contribution in [0.25, 0.3) is 0 Å². The number of rotatable bonds is 48. The first-order valence-electron chi connectivity index (χ1n) is 25.6. The highest BCUT2D eigenvalue weighted by Crippen LogP contribution is 2.42. The number of carbonyl (C=O) groups is 2. The van der Waals surface area contributed by atoms with Crippen LogP contribution in [0.15, 0.2) is 48.6 Å². The number of amides is 1. The molecule has 0 fully saturated rings. The van der Waals surface area contributed by atoms with Crippen molar-refractivity contribution in [2.45, 2.75) is 245 Å². The quantitative estimate of drug-likeness (QED) is 0.0238. The van der Waals surface area contributed by atoms with Crippen LogP contribution in [-0.2, 0) is 27.9 Å². The second-order valence-electron chi connectivity index (χ2n) is 17.1. The Bertz CT molecular complexity index is 1160. The molecule has 0 aliphatic rings. The Morgan fingerprint density at radius 2 is 0.871 bits per heavy atom. The van der Waals surface area contributed by atoms with Crippen LogP contribution in [0.4, 0.5) is 0 Å². The van der Waals surface area contributed by atoms with Crippen LogP contribution >= 0.6 is 7.82 Å². The molecule has 0 spiro atoms. The van der Waals surface area contributed by atoms with Crippen molar-refractivity contribution in [2.75, 3.05) is 26.4 Å². The van der Waals surface area contributed by atoms with Gasteiger partial charge in [-0.05, 0) is 57.8 Å². The molecule has 2 unspecified atom stereocenters. The van der Waals surface area contributed by atoms with E-state index in [4.69, 9.17) is 13.8 Å². The minimum Gasteiger partial charge on any atom is -0.463 e. The van der Waals surface area contributed by atoms with E-state index in [1.807, 2.05) is 0 Å². The topological polar surface area (TPSA) is 131 Å². The van der Waals surface area contributed by atoms with Gasteiger partial charge in [-0.1, -0.05) is 217 Å². The molecule has 0 saturated carbocycles. The van der Waals surface area contributed by atoms with Gasteiger partial charge in [0.1, 0.15) is 12.7 Å². The number of hydrogen-bond donors (Lipinski definition) is 3. The average Bonchev–Trinajstić information content (AvgIpc) is 3.26. The smallest absolute Gasteiger partial charge is 0.463 e. The van der Waals surface area contributed by atoms with Crippen LogP contribution in [0, 0.1) is 0 Å². The Morgan fingerprint density at radius 1 is 0.500 bits per heavy atom. The lowest BCUT2D eigenvalue weighted by Gasteiger charge is -2.15. The molecule has 0 aromatic carbocycles. The average molecular weight is 894 g/mol. The van der Waals surface area contributed by atoms with E-state index in [0.29, 0.717) is 6.42 Å². The van der Waals surface area contributed by atoms with Crippen molar-refractivity contribution in [2.24, 2.45) is 0 Å². The Kier molecular flexibility index (Phi) is 46.8. The fourth-order valence-electron chi connectivity index (χ4n) is 7.13. The van der Waals surface area contributed by atoms with Gasteiger partial charge >= 0.3 is 13.8 Å². The van der Waals surface area contributed by atoms with Crippen molar-refractivity contribution >= 4 is 19.7 Å². The standard InChI is InChI=1S/C52H96NO8P/c1-3-5-7-9-11-13-15-17-19-21-23-24-25-26-27-28-30-32-34-36-38-40-42-44-51(55)53-46-47-60-62(57,58)61-49-50(54)48-59-52(56)45-43-41-39-37-35-33-31-29-22-20-18-16-14-12-10-8-6-4-2/h11,13,17,19,23-24,26-27,50,54H,3-10,12,14-16,18,20-22,25,28-49H2,1-2H3,(H,53,55)(H,57,58)/b13-11-,19-17-,24-23-,27-26-. The van der Waals surface area contributed by atoms with Gasteiger partial charge in [-0.3, -0.25) is 18.6 Å². The number of aliphatic hydroxyl groups is 1. The first kappa shape index (κ1) is 60.0. The Balaban J connectivity index is 3.58. The molecule has 0 saturated heterocycles. The zero-order valence-corrected chi connectivity index (χ0v) is 41.0. The lowest BCUT2D eigenvalue weighted by molar-refractivity contribution is -0.147. The first-order valence-corrected chi connectivity index (χ1v) is 27.1. The van der Waals surface area contributed by atoms with Gasteiger partial charge in [-0.2, -0.15) is 0 Å². The van der Waals surface area contributed by atoms with E-state index >= 15 is 0 Å². The molecule has 9 nitrogen and oxygen atoms in total. The lowest BCUT2D eigenvalue weighted by atomic mass is 10.0. The molecule has 0 aromatic rings. The fourth-order valence-corrected chi connectivity index (χ4v) is 7.89. The Labute approximate surface area is 381 Å². The summed E-state index contributed by atoms with van der Waals surface area (Å²) >= 11 is 0. The molecule has 0 aromatic heterocycles. The highest BCUT2D eigenvalue weighted by Gasteiger charge is 2.23. The summed E-state index contributed by atoms with van der Waals surface area (Å²) in [5.41, 5.74) is 0. The van der Waals surface area contributed by atoms with Crippen molar-refractivity contribution in [3.8, 4) is 0 Å². The van der Waals surface area contributed by atoms with Crippen LogP contribution in [0.3, 0.4) is 0 Å². The predicted molar refractivity (Wildman–Crippen MR) is 261 cm³/mol. The zero-order chi connectivity index (χ0) is 45.3. The summed E-state index contributed by atoms with van der Waals surface area (Å²) in [5, 5.41) is 12.7. The number of aliphatic hydroxyl groups excluding tert-OH is 1. The molecule has 10 heteroatoms. The minimum atomic E-state index is -4.43. The van der Waals surface area contributed by atoms with Crippen LogP contribution < -0.4 is 5.32 Å². The van der Waals surface area contributed by atoms with Gasteiger partial charge in [0.15, 0.2) is 0 Å². The fraction of sp³-hybridized carbons (Fsp3) is 0.808. The van der Waals surface area contributed by atoms with Gasteiger partial charge < -0.3 is 20.1 Å². The van der Waals surface area contributed by atoms with Crippen molar-refractivity contribution in [3.63, 3.8) is 0 Å². The van der Waals surface area contributed by atoms with Gasteiger partial charge in [0.2, 0.25) is 5.91 Å². The van der Waals surface area contributed by atoms with Crippen LogP contribution in [0.1, 0.15) is 239 Å². The lowest BCUT2D eigenvalue weighted by Crippen LogP contribution is -2.27. The van der Waals surface area contributed by atoms with Crippen molar-refractivity contribution in [3.05, 3.63) is 48.6 Å². The highest BCUT2D eigenvalue weighted by molar-refractivity contribution is 7.47. The molecule has 62 heavy (non-hydrogen) atoms. The Morgan fingerprint density at radius 3 is 1.34 bits per heavy atom. The maximum atomic E-state index is 12.1. The molecule has 0 radical (unpaired) electrons. The summed E-state index contributed by atoms with van der Waals surface area (Å²) in [6, 6.07) is 0. The molecule has 3 N–H and O–H groups in total. The number of esters is 1. The molecular formula is C52H96NO8P. The maximum Gasteiger partial charge on any atom is 0.472 e. The van der Waals surface area contributed by atoms with Crippen molar-refractivity contribution < 1.29 is 37.9 Å². The first-order chi connectivity index (χ1) is 30.3. The number of unbranched alkanes of at least 4 members (excludes halogenated alkanes) is 27. The van der Waals surface area contributed by atoms with Gasteiger partial charge in [0, 0.05) is 19.4 Å². The summed E-state index contributed by atoms with van der Waals surface area (Å²) in [6.07, 6.45) is 57.6. The Hall–Kier alpha value is -2.03. The van der Waals surface area contributed by atoms with Crippen LogP contribution in [0.5, 0.6) is 0 Å². The molecule has 1 amide bonds. The molecule has 0 aliphatic carbocycles. The number of phosphoric acid groups is 1. The monoisotopic (exact) mass is 894 g/mol. The largest absolute Gasteiger partial charge is 0.472 e. The van der Waals surface area contributed by atoms with Gasteiger partial charge in [-0.25, -0.2) is 4.57 Å². The summed E-state index contributed by atoms with van der Waals surface area (Å²) in [6.45, 7) is 3.55. The van der Waals surface area contributed by atoms with Gasteiger partial charge in [0.05, 0.1) is 13.2 Å². The van der Waals surface area contributed by atoms with Crippen molar-refractivity contribution in [1.82, 2.24) is 5.32 Å². The summed E-state index contributed by atoms with van der Waals surface area (Å²) in [5.74, 6) is -0.520. The van der Waals surface area contributed by atoms with E-state index in [1.165, 1.54) is 148 Å². The van der Waals surface area contributed by atoms with E-state index in [9.17, 15) is 24.2 Å². The second kappa shape index (κ2) is 48.4. The predicted octanol–water partition coefficient (Wildman–Crippen LogP) is 15.1. The van der Waals surface area contributed by atoms with Crippen molar-refractivity contribution in [1.29, 1.82) is 0 Å². The maximum absolute atomic E-state index is 12.1. The van der Waals surface area contributed by atoms with E-state index < -0.39 is 26.5 Å². The molecule has 0 aliphatic heterocycles. The molecule has 2 atom stereocenters. The number of allylic oxidation sites excluding steroid dienone is 8. The molecular weight excluding hydrogens is 798 g/mol. The normalized spacial score (nSPS) is 13.5. The summed E-state index contributed by atoms with van der Waals surface area (Å²) in [4.78, 5) is 34.1. The highest BCUT2D eigenvalue weighted by atomic mass is 31.2. The van der Waals surface area contributed by atoms with Gasteiger partial charge in [-0.15, -0.1) is 0 Å². The SMILES string of the molecule is CCCCC/C=C\C/C=C\C/C=C\C/C=C\CCCCCCCCCC(=O)NCCOP(=O)(O)OCC(O)COC(=O)CCCCCCCCCCCCCCCCCCCC. The third-order valence-corrected chi connectivity index (χ3v) is 12.0. The van der Waals surface area contributed by atoms with E-state index in [0.717, 1.165) is 64.2 Å². The third-order valence-electron chi connectivity index (χ3n) is 11.0. The van der Waals surface area contributed by atoms with Crippen LogP contribution in [-0.4, -0.2) is 54.3 Å². The minimum absolute atomic E-state index is 0.0752. The summed E-state index contributed by atoms with van der Waals surface area (Å²) < 4.78 is 27.0. The number of ether oxygens (including phenoxy) is 1. The third kappa shape index (κ3) is 49.0. The van der Waals surface area contributed by atoms with Crippen LogP contribution in [0.2, 0.25) is 0 Å².